The molecule has 0 radical (unpaired) electrons. The highest BCUT2D eigenvalue weighted by Gasteiger charge is 2.23. The molecule has 2 nitrogen and oxygen atoms in total. The van der Waals surface area contributed by atoms with Gasteiger partial charge in [0.1, 0.15) is 0 Å². The van der Waals surface area contributed by atoms with Crippen LogP contribution in [0.4, 0.5) is 0 Å². The van der Waals surface area contributed by atoms with Crippen molar-refractivity contribution in [2.75, 3.05) is 13.1 Å². The van der Waals surface area contributed by atoms with Crippen molar-refractivity contribution in [3.05, 3.63) is 11.6 Å². The Morgan fingerprint density at radius 2 is 2.36 bits per heavy atom. The van der Waals surface area contributed by atoms with Gasteiger partial charge in [0, 0.05) is 13.0 Å². The Morgan fingerprint density at radius 1 is 1.45 bits per heavy atom. The number of carbonyl (C=O) groups excluding carboxylic acids is 1. The fourth-order valence-corrected chi connectivity index (χ4v) is 1.92. The highest BCUT2D eigenvalue weighted by atomic mass is 16.1. The predicted octanol–water partition coefficient (Wildman–Crippen LogP) is 0.885. The molecule has 11 heavy (non-hydrogen) atoms. The number of fused-ring (bicyclic) bond motifs is 1. The second-order valence-corrected chi connectivity index (χ2v) is 3.38. The molecule has 1 heterocycles. The van der Waals surface area contributed by atoms with Crippen LogP contribution >= 0.6 is 0 Å². The highest BCUT2D eigenvalue weighted by Crippen LogP contribution is 2.26. The van der Waals surface area contributed by atoms with E-state index >= 15 is 0 Å². The van der Waals surface area contributed by atoms with Gasteiger partial charge < -0.3 is 5.32 Å². The zero-order valence-corrected chi connectivity index (χ0v) is 6.60. The number of rotatable bonds is 0. The molecule has 0 amide bonds. The Bertz CT molecular complexity index is 208. The van der Waals surface area contributed by atoms with Gasteiger partial charge in [-0.25, -0.2) is 0 Å². The Morgan fingerprint density at radius 3 is 3.27 bits per heavy atom. The number of ketones is 1. The summed E-state index contributed by atoms with van der Waals surface area (Å²) < 4.78 is 0. The van der Waals surface area contributed by atoms with Crippen LogP contribution in [0, 0.1) is 5.92 Å². The van der Waals surface area contributed by atoms with Gasteiger partial charge in [-0.3, -0.25) is 4.79 Å². The van der Waals surface area contributed by atoms with Crippen LogP contribution in [0.5, 0.6) is 0 Å². The van der Waals surface area contributed by atoms with E-state index in [1.807, 2.05) is 6.08 Å². The fourth-order valence-electron chi connectivity index (χ4n) is 1.92. The SMILES string of the molecule is O=C1C=C2CCNCC2CC1. The Labute approximate surface area is 66.7 Å². The molecule has 0 aromatic heterocycles. The van der Waals surface area contributed by atoms with Crippen molar-refractivity contribution in [2.45, 2.75) is 19.3 Å². The van der Waals surface area contributed by atoms with Crippen molar-refractivity contribution in [3.8, 4) is 0 Å². The van der Waals surface area contributed by atoms with E-state index in [1.165, 1.54) is 5.57 Å². The predicted molar refractivity (Wildman–Crippen MR) is 43.3 cm³/mol. The van der Waals surface area contributed by atoms with Crippen LogP contribution < -0.4 is 5.32 Å². The molecule has 0 aromatic carbocycles. The summed E-state index contributed by atoms with van der Waals surface area (Å²) >= 11 is 0. The molecule has 2 heteroatoms. The van der Waals surface area contributed by atoms with E-state index in [0.29, 0.717) is 11.7 Å². The number of hydrogen-bond donors (Lipinski definition) is 1. The molecule has 1 fully saturated rings. The standard InChI is InChI=1S/C9H13NO/c11-9-2-1-8-6-10-4-3-7(8)5-9/h5,8,10H,1-4,6H2. The summed E-state index contributed by atoms with van der Waals surface area (Å²) in [6.45, 7) is 2.13. The summed E-state index contributed by atoms with van der Waals surface area (Å²) in [6, 6.07) is 0. The quantitative estimate of drug-likeness (QED) is 0.557. The zero-order valence-electron chi connectivity index (χ0n) is 6.60. The molecular formula is C9H13NO. The Kier molecular flexibility index (Phi) is 1.78. The van der Waals surface area contributed by atoms with E-state index in [2.05, 4.69) is 5.32 Å². The lowest BCUT2D eigenvalue weighted by atomic mass is 9.83. The average molecular weight is 151 g/mol. The summed E-state index contributed by atoms with van der Waals surface area (Å²) in [7, 11) is 0. The molecule has 1 unspecified atom stereocenters. The maximum absolute atomic E-state index is 11.0. The third kappa shape index (κ3) is 1.36. The van der Waals surface area contributed by atoms with Gasteiger partial charge in [0.15, 0.2) is 5.78 Å². The largest absolute Gasteiger partial charge is 0.316 e. The first-order valence-corrected chi connectivity index (χ1v) is 4.30. The fraction of sp³-hybridized carbons (Fsp3) is 0.667. The molecule has 2 aliphatic rings. The molecule has 2 rings (SSSR count). The molecule has 1 atom stereocenters. The monoisotopic (exact) mass is 151 g/mol. The molecule has 1 aliphatic carbocycles. The summed E-state index contributed by atoms with van der Waals surface area (Å²) in [5.41, 5.74) is 1.39. The van der Waals surface area contributed by atoms with Gasteiger partial charge in [0.25, 0.3) is 0 Å². The van der Waals surface area contributed by atoms with Crippen molar-refractivity contribution in [1.29, 1.82) is 0 Å². The second-order valence-electron chi connectivity index (χ2n) is 3.38. The summed E-state index contributed by atoms with van der Waals surface area (Å²) in [6.07, 6.45) is 4.78. The van der Waals surface area contributed by atoms with Crippen molar-refractivity contribution in [3.63, 3.8) is 0 Å². The number of carbonyl (C=O) groups is 1. The number of piperidine rings is 1. The van der Waals surface area contributed by atoms with Crippen LogP contribution in [0.2, 0.25) is 0 Å². The second kappa shape index (κ2) is 2.78. The number of hydrogen-bond acceptors (Lipinski definition) is 2. The molecule has 1 saturated heterocycles. The van der Waals surface area contributed by atoms with Gasteiger partial charge in [-0.1, -0.05) is 5.57 Å². The normalized spacial score (nSPS) is 31.1. The van der Waals surface area contributed by atoms with Gasteiger partial charge in [0.05, 0.1) is 0 Å². The first-order valence-electron chi connectivity index (χ1n) is 4.30. The lowest BCUT2D eigenvalue weighted by Gasteiger charge is -2.28. The number of allylic oxidation sites excluding steroid dienone is 1. The lowest BCUT2D eigenvalue weighted by molar-refractivity contribution is -0.115. The smallest absolute Gasteiger partial charge is 0.155 e. The third-order valence-corrected chi connectivity index (χ3v) is 2.59. The van der Waals surface area contributed by atoms with E-state index in [0.717, 1.165) is 32.4 Å². The van der Waals surface area contributed by atoms with Crippen molar-refractivity contribution in [1.82, 2.24) is 5.32 Å². The van der Waals surface area contributed by atoms with Crippen molar-refractivity contribution in [2.24, 2.45) is 5.92 Å². The van der Waals surface area contributed by atoms with Crippen LogP contribution in [0.3, 0.4) is 0 Å². The molecule has 0 aromatic rings. The molecule has 60 valence electrons. The highest BCUT2D eigenvalue weighted by molar-refractivity contribution is 5.91. The van der Waals surface area contributed by atoms with Crippen molar-refractivity contribution >= 4 is 5.78 Å². The molecular weight excluding hydrogens is 138 g/mol. The van der Waals surface area contributed by atoms with Crippen LogP contribution in [0.25, 0.3) is 0 Å². The van der Waals surface area contributed by atoms with Gasteiger partial charge in [-0.15, -0.1) is 0 Å². The van der Waals surface area contributed by atoms with E-state index in [9.17, 15) is 4.79 Å². The minimum absolute atomic E-state index is 0.332. The minimum atomic E-state index is 0.332. The van der Waals surface area contributed by atoms with Gasteiger partial charge in [-0.05, 0) is 31.4 Å². The first kappa shape index (κ1) is 7.04. The molecule has 0 saturated carbocycles. The van der Waals surface area contributed by atoms with E-state index in [4.69, 9.17) is 0 Å². The number of nitrogens with one attached hydrogen (secondary N) is 1. The maximum Gasteiger partial charge on any atom is 0.155 e. The maximum atomic E-state index is 11.0. The van der Waals surface area contributed by atoms with Gasteiger partial charge in [-0.2, -0.15) is 0 Å². The molecule has 0 bridgehead atoms. The van der Waals surface area contributed by atoms with Crippen LogP contribution in [-0.2, 0) is 4.79 Å². The topological polar surface area (TPSA) is 29.1 Å². The van der Waals surface area contributed by atoms with E-state index < -0.39 is 0 Å². The van der Waals surface area contributed by atoms with Gasteiger partial charge >= 0.3 is 0 Å². The van der Waals surface area contributed by atoms with E-state index in [1.54, 1.807) is 0 Å². The van der Waals surface area contributed by atoms with E-state index in [-0.39, 0.29) is 0 Å². The molecule has 0 spiro atoms. The summed E-state index contributed by atoms with van der Waals surface area (Å²) in [5, 5.41) is 3.35. The molecule has 1 N–H and O–H groups in total. The third-order valence-electron chi connectivity index (χ3n) is 2.59. The van der Waals surface area contributed by atoms with Crippen molar-refractivity contribution < 1.29 is 4.79 Å². The van der Waals surface area contributed by atoms with Crippen LogP contribution in [0.1, 0.15) is 19.3 Å². The lowest BCUT2D eigenvalue weighted by Crippen LogP contribution is -2.33. The summed E-state index contributed by atoms with van der Waals surface area (Å²) in [4.78, 5) is 11.0. The Balaban J connectivity index is 2.16. The first-order chi connectivity index (χ1) is 5.36. The zero-order chi connectivity index (χ0) is 7.68. The summed E-state index contributed by atoms with van der Waals surface area (Å²) in [5.74, 6) is 1.000. The average Bonchev–Trinajstić information content (AvgIpc) is 2.04. The van der Waals surface area contributed by atoms with Crippen LogP contribution in [-0.4, -0.2) is 18.9 Å². The van der Waals surface area contributed by atoms with Crippen LogP contribution in [0.15, 0.2) is 11.6 Å². The minimum Gasteiger partial charge on any atom is -0.316 e. The molecule has 1 aliphatic heterocycles. The Hall–Kier alpha value is -0.630. The van der Waals surface area contributed by atoms with Gasteiger partial charge in [0.2, 0.25) is 0 Å².